The van der Waals surface area contributed by atoms with Gasteiger partial charge in [0.1, 0.15) is 12.2 Å². The van der Waals surface area contributed by atoms with Crippen LogP contribution >= 0.6 is 0 Å². The van der Waals surface area contributed by atoms with E-state index < -0.39 is 12.2 Å². The average molecular weight is 502 g/mol. The van der Waals surface area contributed by atoms with Crippen molar-refractivity contribution in [2.24, 2.45) is 0 Å². The molecule has 2 heterocycles. The number of hydrogen-bond donors (Lipinski definition) is 1. The van der Waals surface area contributed by atoms with Gasteiger partial charge in [0.2, 0.25) is 11.8 Å². The van der Waals surface area contributed by atoms with Gasteiger partial charge in [-0.2, -0.15) is 5.01 Å². The van der Waals surface area contributed by atoms with Crippen LogP contribution in [0.3, 0.4) is 0 Å². The van der Waals surface area contributed by atoms with Crippen LogP contribution in [-0.2, 0) is 16.1 Å². The number of carbonyl (C=O) groups is 3. The monoisotopic (exact) mass is 501 g/mol. The van der Waals surface area contributed by atoms with Gasteiger partial charge in [-0.1, -0.05) is 86.3 Å². The number of benzene rings is 2. The van der Waals surface area contributed by atoms with Gasteiger partial charge < -0.3 is 15.1 Å². The summed E-state index contributed by atoms with van der Waals surface area (Å²) in [6.07, 6.45) is 7.22. The number of urea groups is 1. The molecule has 2 unspecified atom stereocenters. The predicted octanol–water partition coefficient (Wildman–Crippen LogP) is 3.38. The zero-order chi connectivity index (χ0) is 26.4. The molecular formula is C29H35N5O3. The summed E-state index contributed by atoms with van der Waals surface area (Å²) in [4.78, 5) is 44.3. The summed E-state index contributed by atoms with van der Waals surface area (Å²) in [6, 6.07) is 18.3. The highest BCUT2D eigenvalue weighted by molar-refractivity contribution is 5.91. The summed E-state index contributed by atoms with van der Waals surface area (Å²) in [5.74, 6) is 2.31. The Labute approximate surface area is 219 Å². The Hall–Kier alpha value is -3.83. The van der Waals surface area contributed by atoms with Crippen molar-refractivity contribution < 1.29 is 14.4 Å². The first kappa shape index (κ1) is 26.2. The molecule has 8 nitrogen and oxygen atoms in total. The number of unbranched alkanes of at least 4 members (excludes halogenated alkanes) is 1. The molecule has 3 atom stereocenters. The number of rotatable bonds is 8. The van der Waals surface area contributed by atoms with Crippen LogP contribution in [0.25, 0.3) is 0 Å². The zero-order valence-electron chi connectivity index (χ0n) is 21.5. The number of nitrogens with one attached hydrogen (secondary N) is 1. The third-order valence-corrected chi connectivity index (χ3v) is 7.13. The second kappa shape index (κ2) is 11.9. The SMILES string of the molecule is C#CCN1CC(=O)N2C(CN(C(C)c3ccccc3)C(=O)[C@@H]2CCCC)N1C(=O)NCc1ccccc1. The predicted molar refractivity (Wildman–Crippen MR) is 141 cm³/mol. The Kier molecular flexibility index (Phi) is 8.47. The number of hydrogen-bond acceptors (Lipinski definition) is 4. The van der Waals surface area contributed by atoms with E-state index in [0.717, 1.165) is 24.0 Å². The fourth-order valence-electron chi connectivity index (χ4n) is 5.19. The van der Waals surface area contributed by atoms with E-state index in [2.05, 4.69) is 18.2 Å². The smallest absolute Gasteiger partial charge is 0.333 e. The molecule has 0 aliphatic carbocycles. The lowest BCUT2D eigenvalue weighted by Gasteiger charge is -2.55. The Bertz CT molecular complexity index is 1130. The lowest BCUT2D eigenvalue weighted by molar-refractivity contribution is -0.191. The summed E-state index contributed by atoms with van der Waals surface area (Å²) in [7, 11) is 0. The molecular weight excluding hydrogens is 466 g/mol. The summed E-state index contributed by atoms with van der Waals surface area (Å²) < 4.78 is 0. The largest absolute Gasteiger partial charge is 0.334 e. The Morgan fingerprint density at radius 3 is 2.43 bits per heavy atom. The average Bonchev–Trinajstić information content (AvgIpc) is 2.92. The van der Waals surface area contributed by atoms with E-state index in [1.165, 1.54) is 0 Å². The molecule has 0 aromatic heterocycles. The first-order valence-electron chi connectivity index (χ1n) is 12.9. The summed E-state index contributed by atoms with van der Waals surface area (Å²) in [5, 5.41) is 6.15. The fourth-order valence-corrected chi connectivity index (χ4v) is 5.19. The van der Waals surface area contributed by atoms with E-state index in [0.29, 0.717) is 13.0 Å². The molecule has 4 rings (SSSR count). The number of carbonyl (C=O) groups excluding carboxylic acids is 3. The van der Waals surface area contributed by atoms with Crippen molar-refractivity contribution in [1.29, 1.82) is 0 Å². The van der Waals surface area contributed by atoms with Crippen LogP contribution in [0, 0.1) is 12.3 Å². The number of nitrogens with zero attached hydrogens (tertiary/aromatic N) is 4. The van der Waals surface area contributed by atoms with E-state index in [4.69, 9.17) is 6.42 Å². The van der Waals surface area contributed by atoms with Gasteiger partial charge in [0, 0.05) is 6.54 Å². The molecule has 0 spiro atoms. The third-order valence-electron chi connectivity index (χ3n) is 7.13. The maximum absolute atomic E-state index is 13.8. The van der Waals surface area contributed by atoms with Gasteiger partial charge in [-0.15, -0.1) is 6.42 Å². The van der Waals surface area contributed by atoms with Gasteiger partial charge in [-0.3, -0.25) is 9.59 Å². The lowest BCUT2D eigenvalue weighted by Crippen LogP contribution is -2.76. The topological polar surface area (TPSA) is 76.2 Å². The van der Waals surface area contributed by atoms with Crippen LogP contribution < -0.4 is 5.32 Å². The van der Waals surface area contributed by atoms with E-state index in [9.17, 15) is 14.4 Å². The molecule has 8 heteroatoms. The van der Waals surface area contributed by atoms with Crippen LogP contribution in [0.2, 0.25) is 0 Å². The van der Waals surface area contributed by atoms with Crippen LogP contribution in [0.15, 0.2) is 60.7 Å². The van der Waals surface area contributed by atoms with Crippen LogP contribution in [0.1, 0.15) is 50.3 Å². The minimum atomic E-state index is -0.656. The van der Waals surface area contributed by atoms with Crippen molar-refractivity contribution in [2.45, 2.75) is 57.9 Å². The van der Waals surface area contributed by atoms with Crippen molar-refractivity contribution in [2.75, 3.05) is 19.6 Å². The maximum Gasteiger partial charge on any atom is 0.334 e. The van der Waals surface area contributed by atoms with E-state index >= 15 is 0 Å². The number of hydrazine groups is 1. The zero-order valence-corrected chi connectivity index (χ0v) is 21.5. The van der Waals surface area contributed by atoms with Crippen molar-refractivity contribution >= 4 is 17.8 Å². The molecule has 0 radical (unpaired) electrons. The van der Waals surface area contributed by atoms with Gasteiger partial charge in [-0.25, -0.2) is 9.80 Å². The highest BCUT2D eigenvalue weighted by Crippen LogP contribution is 2.33. The first-order chi connectivity index (χ1) is 18.0. The van der Waals surface area contributed by atoms with Gasteiger partial charge in [-0.05, 0) is 24.5 Å². The summed E-state index contributed by atoms with van der Waals surface area (Å²) >= 11 is 0. The van der Waals surface area contributed by atoms with E-state index in [1.807, 2.05) is 67.6 Å². The summed E-state index contributed by atoms with van der Waals surface area (Å²) in [5.41, 5.74) is 1.96. The third kappa shape index (κ3) is 5.62. The highest BCUT2D eigenvalue weighted by Gasteiger charge is 2.51. The molecule has 4 amide bonds. The van der Waals surface area contributed by atoms with Crippen molar-refractivity contribution in [3.05, 3.63) is 71.8 Å². The highest BCUT2D eigenvalue weighted by atomic mass is 16.2. The van der Waals surface area contributed by atoms with Crippen LogP contribution in [0.4, 0.5) is 4.79 Å². The first-order valence-corrected chi connectivity index (χ1v) is 12.9. The Morgan fingerprint density at radius 2 is 1.78 bits per heavy atom. The molecule has 0 bridgehead atoms. The molecule has 2 aromatic carbocycles. The minimum Gasteiger partial charge on any atom is -0.333 e. The number of amides is 4. The molecule has 2 fully saturated rings. The molecule has 2 saturated heterocycles. The minimum absolute atomic E-state index is 0.0520. The number of piperazine rings is 1. The Morgan fingerprint density at radius 1 is 1.11 bits per heavy atom. The van der Waals surface area contributed by atoms with Gasteiger partial charge in [0.05, 0.1) is 25.7 Å². The van der Waals surface area contributed by atoms with Crippen LogP contribution in [-0.4, -0.2) is 69.5 Å². The second-order valence-corrected chi connectivity index (χ2v) is 9.53. The molecule has 1 N–H and O–H groups in total. The van der Waals surface area contributed by atoms with E-state index in [1.54, 1.807) is 19.8 Å². The molecule has 0 saturated carbocycles. The normalized spacial score (nSPS) is 20.8. The second-order valence-electron chi connectivity index (χ2n) is 9.53. The Balaban J connectivity index is 1.68. The van der Waals surface area contributed by atoms with E-state index in [-0.39, 0.29) is 43.5 Å². The van der Waals surface area contributed by atoms with Gasteiger partial charge in [0.15, 0.2) is 0 Å². The quantitative estimate of drug-likeness (QED) is 0.563. The van der Waals surface area contributed by atoms with Crippen molar-refractivity contribution in [1.82, 2.24) is 25.1 Å². The van der Waals surface area contributed by atoms with Crippen LogP contribution in [0.5, 0.6) is 0 Å². The summed E-state index contributed by atoms with van der Waals surface area (Å²) in [6.45, 7) is 4.64. The maximum atomic E-state index is 13.8. The van der Waals surface area contributed by atoms with Gasteiger partial charge in [0.25, 0.3) is 0 Å². The standard InChI is InChI=1S/C29H35N5O3/c1-4-6-17-25-28(36)32(22(3)24-15-11-8-12-16-24)20-26-33(25)27(35)21-31(18-5-2)34(26)29(37)30-19-23-13-9-7-10-14-23/h2,7-16,22,25-26H,4,6,17-21H2,1,3H3,(H,30,37)/t22?,25-,26?/m0/s1. The molecule has 194 valence electrons. The molecule has 37 heavy (non-hydrogen) atoms. The van der Waals surface area contributed by atoms with Crippen molar-refractivity contribution in [3.8, 4) is 12.3 Å². The number of fused-ring (bicyclic) bond motifs is 1. The lowest BCUT2D eigenvalue weighted by atomic mass is 9.98. The fraction of sp³-hybridized carbons (Fsp3) is 0.414. The van der Waals surface area contributed by atoms with Crippen molar-refractivity contribution in [3.63, 3.8) is 0 Å². The molecule has 2 aliphatic heterocycles. The molecule has 2 aliphatic rings. The van der Waals surface area contributed by atoms with Gasteiger partial charge >= 0.3 is 6.03 Å². The molecule has 2 aromatic rings. The number of terminal acetylenes is 1.